The van der Waals surface area contributed by atoms with Crippen LogP contribution in [0, 0.1) is 0 Å². The van der Waals surface area contributed by atoms with E-state index >= 15 is 0 Å². The average Bonchev–Trinajstić information content (AvgIpc) is 2.76. The fraction of sp³-hybridized carbons (Fsp3) is 0.583. The van der Waals surface area contributed by atoms with Crippen molar-refractivity contribution in [1.29, 1.82) is 0 Å². The van der Waals surface area contributed by atoms with E-state index in [1.54, 1.807) is 0 Å². The molecule has 2 rings (SSSR count). The molecule has 0 unspecified atom stereocenters. The molecule has 1 N–H and O–H groups in total. The van der Waals surface area contributed by atoms with Gasteiger partial charge in [0.1, 0.15) is 0 Å². The Balaban J connectivity index is 2.37. The first-order valence-corrected chi connectivity index (χ1v) is 6.76. The van der Waals surface area contributed by atoms with Crippen LogP contribution in [0.5, 0.6) is 0 Å². The third kappa shape index (κ3) is 2.72. The summed E-state index contributed by atoms with van der Waals surface area (Å²) in [5.41, 5.74) is 1.60. The number of rotatable bonds is 6. The van der Waals surface area contributed by atoms with E-state index in [0.717, 1.165) is 49.3 Å². The summed E-state index contributed by atoms with van der Waals surface area (Å²) in [6, 6.07) is 0. The zero-order chi connectivity index (χ0) is 13.0. The number of nitrogens with zero attached hydrogens (tertiary/aromatic N) is 4. The highest BCUT2D eigenvalue weighted by atomic mass is 35.5. The molecule has 2 aromatic rings. The van der Waals surface area contributed by atoms with Gasteiger partial charge < -0.3 is 9.88 Å². The number of aryl methyl sites for hydroxylation is 1. The Morgan fingerprint density at radius 1 is 1.28 bits per heavy atom. The molecule has 0 fully saturated rings. The highest BCUT2D eigenvalue weighted by molar-refractivity contribution is 6.28. The Morgan fingerprint density at radius 3 is 2.83 bits per heavy atom. The van der Waals surface area contributed by atoms with Crippen LogP contribution in [0.4, 0.5) is 5.82 Å². The molecule has 98 valence electrons. The Bertz CT molecular complexity index is 522. The molecule has 0 atom stereocenters. The number of imidazole rings is 1. The fourth-order valence-corrected chi connectivity index (χ4v) is 1.94. The van der Waals surface area contributed by atoms with Crippen LogP contribution in [0.25, 0.3) is 11.2 Å². The lowest BCUT2D eigenvalue weighted by molar-refractivity contribution is 0.641. The predicted octanol–water partition coefficient (Wildman–Crippen LogP) is 3.10. The van der Waals surface area contributed by atoms with Gasteiger partial charge in [0.15, 0.2) is 17.0 Å². The summed E-state index contributed by atoms with van der Waals surface area (Å²) in [5.74, 6) is 0.724. The number of halogens is 1. The van der Waals surface area contributed by atoms with Crippen molar-refractivity contribution >= 4 is 28.6 Å². The Kier molecular flexibility index (Phi) is 4.36. The van der Waals surface area contributed by atoms with Crippen molar-refractivity contribution in [3.05, 3.63) is 11.6 Å². The number of anilines is 1. The van der Waals surface area contributed by atoms with Gasteiger partial charge in [-0.3, -0.25) is 0 Å². The second-order valence-electron chi connectivity index (χ2n) is 4.23. The Hall–Kier alpha value is -1.36. The van der Waals surface area contributed by atoms with Crippen molar-refractivity contribution in [1.82, 2.24) is 19.5 Å². The molecule has 0 saturated heterocycles. The standard InChI is InChI=1S/C12H18ClN5/c1-3-5-7-18-8-15-9-10(14-6-4-2)16-12(13)17-11(9)18/h8H,3-7H2,1-2H3,(H,14,16,17). The van der Waals surface area contributed by atoms with E-state index < -0.39 is 0 Å². The van der Waals surface area contributed by atoms with Crippen LogP contribution in [-0.2, 0) is 6.54 Å². The minimum atomic E-state index is 0.263. The maximum absolute atomic E-state index is 5.96. The van der Waals surface area contributed by atoms with Crippen LogP contribution in [-0.4, -0.2) is 26.1 Å². The van der Waals surface area contributed by atoms with Crippen molar-refractivity contribution in [2.75, 3.05) is 11.9 Å². The number of aromatic nitrogens is 4. The molecule has 0 amide bonds. The van der Waals surface area contributed by atoms with Gasteiger partial charge in [0.2, 0.25) is 5.28 Å². The molecular weight excluding hydrogens is 250 g/mol. The lowest BCUT2D eigenvalue weighted by Gasteiger charge is -2.06. The van der Waals surface area contributed by atoms with Gasteiger partial charge in [0, 0.05) is 13.1 Å². The van der Waals surface area contributed by atoms with Gasteiger partial charge in [0.25, 0.3) is 0 Å². The average molecular weight is 268 g/mol. The van der Waals surface area contributed by atoms with Crippen LogP contribution in [0.15, 0.2) is 6.33 Å². The number of fused-ring (bicyclic) bond motifs is 1. The predicted molar refractivity (Wildman–Crippen MR) is 74.0 cm³/mol. The molecule has 0 aliphatic rings. The minimum absolute atomic E-state index is 0.263. The highest BCUT2D eigenvalue weighted by Gasteiger charge is 2.11. The monoisotopic (exact) mass is 267 g/mol. The first-order valence-electron chi connectivity index (χ1n) is 6.38. The molecule has 5 nitrogen and oxygen atoms in total. The summed E-state index contributed by atoms with van der Waals surface area (Å²) in [6.07, 6.45) is 5.08. The summed E-state index contributed by atoms with van der Waals surface area (Å²) in [7, 11) is 0. The van der Waals surface area contributed by atoms with E-state index in [1.165, 1.54) is 0 Å². The Morgan fingerprint density at radius 2 is 2.11 bits per heavy atom. The topological polar surface area (TPSA) is 55.6 Å². The van der Waals surface area contributed by atoms with Crippen LogP contribution >= 0.6 is 11.6 Å². The van der Waals surface area contributed by atoms with Crippen molar-refractivity contribution in [3.8, 4) is 0 Å². The maximum atomic E-state index is 5.96. The van der Waals surface area contributed by atoms with Gasteiger partial charge in [0.05, 0.1) is 6.33 Å². The second-order valence-corrected chi connectivity index (χ2v) is 4.57. The van der Waals surface area contributed by atoms with Crippen LogP contribution in [0.1, 0.15) is 33.1 Å². The van der Waals surface area contributed by atoms with Crippen molar-refractivity contribution in [2.45, 2.75) is 39.7 Å². The van der Waals surface area contributed by atoms with E-state index in [-0.39, 0.29) is 5.28 Å². The summed E-state index contributed by atoms with van der Waals surface area (Å²) < 4.78 is 2.03. The van der Waals surface area contributed by atoms with E-state index in [2.05, 4.69) is 34.1 Å². The first-order chi connectivity index (χ1) is 8.76. The van der Waals surface area contributed by atoms with Crippen molar-refractivity contribution in [3.63, 3.8) is 0 Å². The SMILES string of the molecule is CCCCn1cnc2c(NCCC)nc(Cl)nc21. The van der Waals surface area contributed by atoms with E-state index in [1.807, 2.05) is 10.9 Å². The van der Waals surface area contributed by atoms with Gasteiger partial charge in [-0.25, -0.2) is 4.98 Å². The molecule has 0 aliphatic carbocycles. The molecule has 0 saturated carbocycles. The number of hydrogen-bond acceptors (Lipinski definition) is 4. The molecule has 18 heavy (non-hydrogen) atoms. The largest absolute Gasteiger partial charge is 0.368 e. The highest BCUT2D eigenvalue weighted by Crippen LogP contribution is 2.21. The molecule has 0 spiro atoms. The summed E-state index contributed by atoms with van der Waals surface area (Å²) >= 11 is 5.96. The molecule has 0 radical (unpaired) electrons. The maximum Gasteiger partial charge on any atom is 0.226 e. The van der Waals surface area contributed by atoms with Gasteiger partial charge >= 0.3 is 0 Å². The zero-order valence-electron chi connectivity index (χ0n) is 10.8. The minimum Gasteiger partial charge on any atom is -0.368 e. The van der Waals surface area contributed by atoms with Crippen LogP contribution < -0.4 is 5.32 Å². The lowest BCUT2D eigenvalue weighted by Crippen LogP contribution is -2.05. The molecule has 2 aromatic heterocycles. The zero-order valence-corrected chi connectivity index (χ0v) is 11.5. The molecule has 0 bridgehead atoms. The number of hydrogen-bond donors (Lipinski definition) is 1. The molecular formula is C12H18ClN5. The quantitative estimate of drug-likeness (QED) is 0.817. The smallest absolute Gasteiger partial charge is 0.226 e. The molecule has 6 heteroatoms. The van der Waals surface area contributed by atoms with E-state index in [4.69, 9.17) is 11.6 Å². The Labute approximate surface area is 112 Å². The lowest BCUT2D eigenvalue weighted by atomic mass is 10.3. The van der Waals surface area contributed by atoms with Gasteiger partial charge in [-0.15, -0.1) is 0 Å². The third-order valence-electron chi connectivity index (χ3n) is 2.73. The summed E-state index contributed by atoms with van der Waals surface area (Å²) in [4.78, 5) is 12.9. The summed E-state index contributed by atoms with van der Waals surface area (Å²) in [5, 5.41) is 3.50. The second kappa shape index (κ2) is 6.00. The molecule has 2 heterocycles. The van der Waals surface area contributed by atoms with E-state index in [0.29, 0.717) is 0 Å². The molecule has 0 aliphatic heterocycles. The number of nitrogens with one attached hydrogen (secondary N) is 1. The molecule has 0 aromatic carbocycles. The van der Waals surface area contributed by atoms with Crippen LogP contribution in [0.2, 0.25) is 5.28 Å². The van der Waals surface area contributed by atoms with E-state index in [9.17, 15) is 0 Å². The van der Waals surface area contributed by atoms with Gasteiger partial charge in [-0.1, -0.05) is 20.3 Å². The first kappa shape index (κ1) is 13.1. The normalized spacial score (nSPS) is 11.1. The third-order valence-corrected chi connectivity index (χ3v) is 2.90. The summed E-state index contributed by atoms with van der Waals surface area (Å²) in [6.45, 7) is 6.03. The van der Waals surface area contributed by atoms with Crippen LogP contribution in [0.3, 0.4) is 0 Å². The number of unbranched alkanes of at least 4 members (excludes halogenated alkanes) is 1. The van der Waals surface area contributed by atoms with Gasteiger partial charge in [-0.05, 0) is 24.4 Å². The van der Waals surface area contributed by atoms with Gasteiger partial charge in [-0.2, -0.15) is 9.97 Å². The fourth-order valence-electron chi connectivity index (χ4n) is 1.78. The van der Waals surface area contributed by atoms with Crippen molar-refractivity contribution in [2.24, 2.45) is 0 Å². The van der Waals surface area contributed by atoms with Crippen molar-refractivity contribution < 1.29 is 0 Å².